The zero-order valence-corrected chi connectivity index (χ0v) is 25.1. The SMILES string of the molecule is CN(C)CCNc1cc(F)cc(-c2cncc3[nH]c(-c4n[nH]c5cnc(-c6cncc(CN7CCC(F)(F)C7)c6)c(F)c45)nc23)c1. The van der Waals surface area contributed by atoms with Crippen molar-refractivity contribution in [3.8, 4) is 33.9 Å². The summed E-state index contributed by atoms with van der Waals surface area (Å²) in [6, 6.07) is 6.40. The second kappa shape index (κ2) is 11.8. The molecular weight excluding hydrogens is 600 g/mol. The number of likely N-dealkylation sites (N-methyl/N-ethyl adjacent to an activating group) is 1. The van der Waals surface area contributed by atoms with Crippen LogP contribution in [0, 0.1) is 11.6 Å². The predicted octanol–water partition coefficient (Wildman–Crippen LogP) is 5.72. The standard InChI is InChI=1S/C32H30F4N10/c1-45(2)6-4-39-22-9-19(8-21(33)10-22)23-13-38-14-25-29(23)42-31(41-25)30-26-24(43-44-30)15-40-28(27(26)34)20-7-18(11-37-12-20)16-46-5-3-32(35,36)17-46/h7-15,39H,3-6,16-17H2,1-2H3,(H,41,42)(H,43,44). The largest absolute Gasteiger partial charge is 0.384 e. The quantitative estimate of drug-likeness (QED) is 0.174. The number of rotatable bonds is 9. The van der Waals surface area contributed by atoms with Crippen LogP contribution in [0.2, 0.25) is 0 Å². The number of nitrogens with zero attached hydrogens (tertiary/aromatic N) is 7. The van der Waals surface area contributed by atoms with Gasteiger partial charge in [0.25, 0.3) is 5.92 Å². The zero-order valence-electron chi connectivity index (χ0n) is 25.1. The Balaban J connectivity index is 1.23. The summed E-state index contributed by atoms with van der Waals surface area (Å²) >= 11 is 0. The van der Waals surface area contributed by atoms with Crippen LogP contribution in [0.1, 0.15) is 12.0 Å². The van der Waals surface area contributed by atoms with E-state index in [1.54, 1.807) is 29.6 Å². The Morgan fingerprint density at radius 3 is 2.61 bits per heavy atom. The van der Waals surface area contributed by atoms with E-state index < -0.39 is 17.6 Å². The van der Waals surface area contributed by atoms with Crippen LogP contribution >= 0.6 is 0 Å². The number of nitrogens with one attached hydrogen (secondary N) is 3. The van der Waals surface area contributed by atoms with Crippen LogP contribution in [0.4, 0.5) is 23.2 Å². The van der Waals surface area contributed by atoms with E-state index in [1.165, 1.54) is 24.5 Å². The fourth-order valence-electron chi connectivity index (χ4n) is 5.78. The number of hydrogen-bond donors (Lipinski definition) is 3. The van der Waals surface area contributed by atoms with E-state index in [4.69, 9.17) is 4.98 Å². The zero-order chi connectivity index (χ0) is 32.0. The number of halogens is 4. The molecule has 14 heteroatoms. The van der Waals surface area contributed by atoms with Gasteiger partial charge in [0.15, 0.2) is 11.6 Å². The van der Waals surface area contributed by atoms with Crippen molar-refractivity contribution >= 4 is 27.6 Å². The Morgan fingerprint density at radius 2 is 1.80 bits per heavy atom. The van der Waals surface area contributed by atoms with Crippen LogP contribution in [0.15, 0.2) is 55.2 Å². The fourth-order valence-corrected chi connectivity index (χ4v) is 5.78. The highest BCUT2D eigenvalue weighted by Gasteiger charge is 2.38. The molecule has 3 N–H and O–H groups in total. The summed E-state index contributed by atoms with van der Waals surface area (Å²) < 4.78 is 58.3. The molecule has 10 nitrogen and oxygen atoms in total. The highest BCUT2D eigenvalue weighted by molar-refractivity contribution is 5.98. The van der Waals surface area contributed by atoms with Gasteiger partial charge in [-0.25, -0.2) is 22.5 Å². The third kappa shape index (κ3) is 5.88. The molecule has 0 saturated carbocycles. The van der Waals surface area contributed by atoms with E-state index in [9.17, 15) is 13.2 Å². The number of pyridine rings is 3. The molecule has 0 aliphatic carbocycles. The minimum atomic E-state index is -2.71. The molecule has 0 bridgehead atoms. The van der Waals surface area contributed by atoms with Gasteiger partial charge in [-0.2, -0.15) is 5.10 Å². The van der Waals surface area contributed by atoms with E-state index in [-0.39, 0.29) is 48.7 Å². The second-order valence-corrected chi connectivity index (χ2v) is 11.8. The maximum atomic E-state index is 16.2. The lowest BCUT2D eigenvalue weighted by Gasteiger charge is -2.15. The van der Waals surface area contributed by atoms with Crippen molar-refractivity contribution in [2.45, 2.75) is 18.9 Å². The first kappa shape index (κ1) is 29.7. The van der Waals surface area contributed by atoms with Crippen LogP contribution < -0.4 is 5.32 Å². The lowest BCUT2D eigenvalue weighted by atomic mass is 10.1. The Morgan fingerprint density at radius 1 is 0.957 bits per heavy atom. The average Bonchev–Trinajstić information content (AvgIpc) is 3.73. The normalized spacial score (nSPS) is 15.0. The monoisotopic (exact) mass is 630 g/mol. The molecule has 6 aromatic rings. The molecule has 1 aliphatic heterocycles. The minimum absolute atomic E-state index is 0.0452. The van der Waals surface area contributed by atoms with Gasteiger partial charge in [-0.1, -0.05) is 0 Å². The number of hydrogen-bond acceptors (Lipinski definition) is 8. The van der Waals surface area contributed by atoms with E-state index in [2.05, 4.69) is 35.5 Å². The molecule has 1 fully saturated rings. The number of benzene rings is 1. The molecule has 236 valence electrons. The third-order valence-electron chi connectivity index (χ3n) is 7.98. The van der Waals surface area contributed by atoms with Crippen LogP contribution in [0.3, 0.4) is 0 Å². The summed E-state index contributed by atoms with van der Waals surface area (Å²) in [6.45, 7) is 1.63. The summed E-state index contributed by atoms with van der Waals surface area (Å²) in [4.78, 5) is 24.5. The Hall–Kier alpha value is -4.95. The summed E-state index contributed by atoms with van der Waals surface area (Å²) in [5.41, 5.74) is 4.60. The summed E-state index contributed by atoms with van der Waals surface area (Å²) in [6.07, 6.45) is 7.57. The molecule has 0 amide bonds. The number of alkyl halides is 2. The van der Waals surface area contributed by atoms with Gasteiger partial charge in [0.2, 0.25) is 0 Å². The lowest BCUT2D eigenvalue weighted by Crippen LogP contribution is -2.24. The van der Waals surface area contributed by atoms with E-state index >= 15 is 4.39 Å². The molecule has 46 heavy (non-hydrogen) atoms. The topological polar surface area (TPSA) is 115 Å². The highest BCUT2D eigenvalue weighted by Crippen LogP contribution is 2.35. The highest BCUT2D eigenvalue weighted by atomic mass is 19.3. The van der Waals surface area contributed by atoms with Crippen molar-refractivity contribution in [3.63, 3.8) is 0 Å². The van der Waals surface area contributed by atoms with Crippen molar-refractivity contribution in [3.05, 3.63) is 72.4 Å². The number of imidazole rings is 1. The number of anilines is 1. The predicted molar refractivity (Wildman–Crippen MR) is 167 cm³/mol. The first-order chi connectivity index (χ1) is 22.1. The number of fused-ring (bicyclic) bond motifs is 2. The van der Waals surface area contributed by atoms with Crippen LogP contribution in [0.25, 0.3) is 55.8 Å². The van der Waals surface area contributed by atoms with E-state index in [1.807, 2.05) is 25.1 Å². The Bertz CT molecular complexity index is 2050. The number of H-pyrrole nitrogens is 2. The molecule has 1 aromatic carbocycles. The Kier molecular flexibility index (Phi) is 7.61. The molecule has 0 radical (unpaired) electrons. The average molecular weight is 631 g/mol. The van der Waals surface area contributed by atoms with Gasteiger partial charge < -0.3 is 15.2 Å². The number of aromatic nitrogens is 7. The Labute approximate surface area is 260 Å². The summed E-state index contributed by atoms with van der Waals surface area (Å²) in [5.74, 6) is -3.47. The minimum Gasteiger partial charge on any atom is -0.384 e. The molecular formula is C32H30F4N10. The molecule has 0 atom stereocenters. The van der Waals surface area contributed by atoms with Gasteiger partial charge in [-0.3, -0.25) is 25.0 Å². The number of aromatic amines is 2. The molecule has 1 aliphatic rings. The van der Waals surface area contributed by atoms with Gasteiger partial charge in [-0.05, 0) is 49.5 Å². The first-order valence-corrected chi connectivity index (χ1v) is 14.7. The van der Waals surface area contributed by atoms with Crippen LogP contribution in [-0.4, -0.2) is 91.1 Å². The molecule has 5 aromatic heterocycles. The summed E-state index contributed by atoms with van der Waals surface area (Å²) in [5, 5.41) is 10.6. The van der Waals surface area contributed by atoms with Gasteiger partial charge >= 0.3 is 0 Å². The van der Waals surface area contributed by atoms with Crippen molar-refractivity contribution < 1.29 is 17.6 Å². The van der Waals surface area contributed by atoms with Gasteiger partial charge in [-0.15, -0.1) is 0 Å². The van der Waals surface area contributed by atoms with E-state index in [0.717, 1.165) is 6.54 Å². The fraction of sp³-hybridized carbons (Fsp3) is 0.281. The van der Waals surface area contributed by atoms with Crippen molar-refractivity contribution in [2.24, 2.45) is 0 Å². The summed E-state index contributed by atoms with van der Waals surface area (Å²) in [7, 11) is 3.93. The van der Waals surface area contributed by atoms with Crippen molar-refractivity contribution in [1.29, 1.82) is 0 Å². The van der Waals surface area contributed by atoms with Crippen LogP contribution in [-0.2, 0) is 6.54 Å². The first-order valence-electron chi connectivity index (χ1n) is 14.7. The lowest BCUT2D eigenvalue weighted by molar-refractivity contribution is 0.0115. The molecule has 0 spiro atoms. The molecule has 0 unspecified atom stereocenters. The maximum Gasteiger partial charge on any atom is 0.261 e. The smallest absolute Gasteiger partial charge is 0.261 e. The molecule has 6 heterocycles. The molecule has 7 rings (SSSR count). The van der Waals surface area contributed by atoms with Gasteiger partial charge in [0, 0.05) is 68.0 Å². The second-order valence-electron chi connectivity index (χ2n) is 11.8. The van der Waals surface area contributed by atoms with Crippen molar-refractivity contribution in [1.82, 2.24) is 44.9 Å². The van der Waals surface area contributed by atoms with Gasteiger partial charge in [0.05, 0.1) is 40.9 Å². The number of likely N-dealkylation sites (tertiary alicyclic amines) is 1. The van der Waals surface area contributed by atoms with Crippen LogP contribution in [0.5, 0.6) is 0 Å². The maximum absolute atomic E-state index is 16.2. The van der Waals surface area contributed by atoms with Gasteiger partial charge in [0.1, 0.15) is 17.2 Å². The van der Waals surface area contributed by atoms with E-state index in [0.29, 0.717) is 51.0 Å². The molecule has 1 saturated heterocycles. The van der Waals surface area contributed by atoms with Crippen molar-refractivity contribution in [2.75, 3.05) is 45.6 Å². The third-order valence-corrected chi connectivity index (χ3v) is 7.98.